The second-order valence-electron chi connectivity index (χ2n) is 5.57. The summed E-state index contributed by atoms with van der Waals surface area (Å²) in [7, 11) is 0. The SMILES string of the molecule is N#Cc1ccc(COc2cccc(N[C@@H]3CCNC3)c2)c(F)c1. The molecule has 0 amide bonds. The van der Waals surface area contributed by atoms with Crippen molar-refractivity contribution in [3.63, 3.8) is 0 Å². The first-order valence-electron chi connectivity index (χ1n) is 7.63. The van der Waals surface area contributed by atoms with E-state index in [0.717, 1.165) is 25.2 Å². The summed E-state index contributed by atoms with van der Waals surface area (Å²) in [5, 5.41) is 15.5. The van der Waals surface area contributed by atoms with Gasteiger partial charge in [-0.05, 0) is 37.2 Å². The second kappa shape index (κ2) is 7.12. The van der Waals surface area contributed by atoms with Crippen molar-refractivity contribution < 1.29 is 9.13 Å². The number of rotatable bonds is 5. The van der Waals surface area contributed by atoms with Gasteiger partial charge in [-0.3, -0.25) is 0 Å². The molecule has 0 aliphatic carbocycles. The van der Waals surface area contributed by atoms with E-state index in [1.165, 1.54) is 6.07 Å². The third-order valence-corrected chi connectivity index (χ3v) is 3.84. The number of benzene rings is 2. The number of hydrogen-bond donors (Lipinski definition) is 2. The molecule has 1 fully saturated rings. The Morgan fingerprint density at radius 2 is 2.22 bits per heavy atom. The zero-order valence-corrected chi connectivity index (χ0v) is 12.7. The number of hydrogen-bond acceptors (Lipinski definition) is 4. The standard InChI is InChI=1S/C18H18FN3O/c19-18-8-13(10-20)4-5-14(18)12-23-17-3-1-2-15(9-17)22-16-6-7-21-11-16/h1-5,8-9,16,21-22H,6-7,11-12H2/t16-/m1/s1. The van der Waals surface area contributed by atoms with Crippen molar-refractivity contribution >= 4 is 5.69 Å². The molecule has 2 N–H and O–H groups in total. The van der Waals surface area contributed by atoms with Crippen molar-refractivity contribution in [3.8, 4) is 11.8 Å². The van der Waals surface area contributed by atoms with Crippen LogP contribution in [-0.4, -0.2) is 19.1 Å². The molecule has 0 bridgehead atoms. The summed E-state index contributed by atoms with van der Waals surface area (Å²) in [6.45, 7) is 2.12. The maximum atomic E-state index is 13.8. The van der Waals surface area contributed by atoms with Crippen LogP contribution >= 0.6 is 0 Å². The summed E-state index contributed by atoms with van der Waals surface area (Å²) in [6.07, 6.45) is 1.10. The average Bonchev–Trinajstić information content (AvgIpc) is 3.07. The van der Waals surface area contributed by atoms with E-state index in [2.05, 4.69) is 10.6 Å². The second-order valence-corrected chi connectivity index (χ2v) is 5.57. The number of nitrogens with zero attached hydrogens (tertiary/aromatic N) is 1. The first kappa shape index (κ1) is 15.3. The molecule has 1 aliphatic heterocycles. The predicted octanol–water partition coefficient (Wildman–Crippen LogP) is 3.05. The highest BCUT2D eigenvalue weighted by Gasteiger charge is 2.13. The summed E-state index contributed by atoms with van der Waals surface area (Å²) in [4.78, 5) is 0. The first-order chi connectivity index (χ1) is 11.2. The Hall–Kier alpha value is -2.58. The highest BCUT2D eigenvalue weighted by Crippen LogP contribution is 2.21. The molecule has 2 aromatic rings. The van der Waals surface area contributed by atoms with E-state index in [9.17, 15) is 4.39 Å². The Morgan fingerprint density at radius 3 is 2.96 bits per heavy atom. The van der Waals surface area contributed by atoms with Crippen molar-refractivity contribution in [3.05, 3.63) is 59.4 Å². The number of nitriles is 1. The minimum absolute atomic E-state index is 0.131. The molecule has 0 unspecified atom stereocenters. The van der Waals surface area contributed by atoms with Gasteiger partial charge in [0.2, 0.25) is 0 Å². The molecule has 118 valence electrons. The van der Waals surface area contributed by atoms with Crippen molar-refractivity contribution in [2.75, 3.05) is 18.4 Å². The fourth-order valence-corrected chi connectivity index (χ4v) is 2.58. The van der Waals surface area contributed by atoms with Crippen LogP contribution in [0.4, 0.5) is 10.1 Å². The molecule has 0 saturated carbocycles. The van der Waals surface area contributed by atoms with E-state index in [1.54, 1.807) is 12.1 Å². The van der Waals surface area contributed by atoms with E-state index in [0.29, 0.717) is 22.9 Å². The maximum Gasteiger partial charge on any atom is 0.131 e. The van der Waals surface area contributed by atoms with Gasteiger partial charge < -0.3 is 15.4 Å². The molecule has 1 aliphatic rings. The Labute approximate surface area is 134 Å². The van der Waals surface area contributed by atoms with Gasteiger partial charge in [0.05, 0.1) is 11.6 Å². The van der Waals surface area contributed by atoms with E-state index in [-0.39, 0.29) is 6.61 Å². The lowest BCUT2D eigenvalue weighted by molar-refractivity contribution is 0.300. The normalized spacial score (nSPS) is 16.8. The Morgan fingerprint density at radius 1 is 1.30 bits per heavy atom. The topological polar surface area (TPSA) is 57.1 Å². The lowest BCUT2D eigenvalue weighted by atomic mass is 10.1. The number of halogens is 1. The van der Waals surface area contributed by atoms with Gasteiger partial charge in [0, 0.05) is 29.9 Å². The molecule has 1 heterocycles. The highest BCUT2D eigenvalue weighted by atomic mass is 19.1. The first-order valence-corrected chi connectivity index (χ1v) is 7.63. The molecule has 0 radical (unpaired) electrons. The maximum absolute atomic E-state index is 13.8. The van der Waals surface area contributed by atoms with Crippen LogP contribution in [0.3, 0.4) is 0 Å². The molecule has 23 heavy (non-hydrogen) atoms. The van der Waals surface area contributed by atoms with E-state index in [1.807, 2.05) is 30.3 Å². The van der Waals surface area contributed by atoms with E-state index >= 15 is 0 Å². The zero-order chi connectivity index (χ0) is 16.1. The fraction of sp³-hybridized carbons (Fsp3) is 0.278. The molecular formula is C18H18FN3O. The van der Waals surface area contributed by atoms with Crippen LogP contribution in [0.2, 0.25) is 0 Å². The van der Waals surface area contributed by atoms with Crippen LogP contribution in [0.15, 0.2) is 42.5 Å². The molecule has 0 spiro atoms. The minimum Gasteiger partial charge on any atom is -0.489 e. The molecule has 0 aromatic heterocycles. The lowest BCUT2D eigenvalue weighted by Crippen LogP contribution is -2.21. The summed E-state index contributed by atoms with van der Waals surface area (Å²) in [5.74, 6) is 0.264. The van der Waals surface area contributed by atoms with Crippen LogP contribution in [0, 0.1) is 17.1 Å². The molecule has 4 nitrogen and oxygen atoms in total. The fourth-order valence-electron chi connectivity index (χ4n) is 2.58. The molecule has 5 heteroatoms. The van der Waals surface area contributed by atoms with Gasteiger partial charge in [-0.25, -0.2) is 4.39 Å². The van der Waals surface area contributed by atoms with Gasteiger partial charge in [0.15, 0.2) is 0 Å². The third-order valence-electron chi connectivity index (χ3n) is 3.84. The zero-order valence-electron chi connectivity index (χ0n) is 12.7. The van der Waals surface area contributed by atoms with Crippen molar-refractivity contribution in [1.82, 2.24) is 5.32 Å². The molecule has 1 saturated heterocycles. The van der Waals surface area contributed by atoms with Crippen molar-refractivity contribution in [1.29, 1.82) is 5.26 Å². The molecule has 2 aromatic carbocycles. The summed E-state index contributed by atoms with van der Waals surface area (Å²) in [6, 6.07) is 14.4. The summed E-state index contributed by atoms with van der Waals surface area (Å²) in [5.41, 5.74) is 1.74. The Bertz CT molecular complexity index is 720. The minimum atomic E-state index is -0.421. The van der Waals surface area contributed by atoms with Crippen molar-refractivity contribution in [2.24, 2.45) is 0 Å². The van der Waals surface area contributed by atoms with E-state index < -0.39 is 5.82 Å². The predicted molar refractivity (Wildman–Crippen MR) is 86.8 cm³/mol. The van der Waals surface area contributed by atoms with Crippen LogP contribution in [0.5, 0.6) is 5.75 Å². The number of ether oxygens (including phenoxy) is 1. The van der Waals surface area contributed by atoms with Crippen LogP contribution in [0.25, 0.3) is 0 Å². The Kier molecular flexibility index (Phi) is 4.74. The van der Waals surface area contributed by atoms with Gasteiger partial charge in [-0.2, -0.15) is 5.26 Å². The highest BCUT2D eigenvalue weighted by molar-refractivity contribution is 5.49. The Balaban J connectivity index is 1.63. The quantitative estimate of drug-likeness (QED) is 0.891. The monoisotopic (exact) mass is 311 g/mol. The smallest absolute Gasteiger partial charge is 0.131 e. The van der Waals surface area contributed by atoms with Gasteiger partial charge in [0.1, 0.15) is 18.2 Å². The number of nitrogens with one attached hydrogen (secondary N) is 2. The summed E-state index contributed by atoms with van der Waals surface area (Å²) < 4.78 is 19.5. The van der Waals surface area contributed by atoms with Gasteiger partial charge in [-0.1, -0.05) is 12.1 Å². The van der Waals surface area contributed by atoms with E-state index in [4.69, 9.17) is 10.00 Å². The van der Waals surface area contributed by atoms with Gasteiger partial charge >= 0.3 is 0 Å². The van der Waals surface area contributed by atoms with Crippen LogP contribution in [0.1, 0.15) is 17.5 Å². The third kappa shape index (κ3) is 3.99. The summed E-state index contributed by atoms with van der Waals surface area (Å²) >= 11 is 0. The van der Waals surface area contributed by atoms with Gasteiger partial charge in [0.25, 0.3) is 0 Å². The number of anilines is 1. The van der Waals surface area contributed by atoms with Crippen LogP contribution < -0.4 is 15.4 Å². The molecular weight excluding hydrogens is 293 g/mol. The molecule has 1 atom stereocenters. The van der Waals surface area contributed by atoms with Crippen molar-refractivity contribution in [2.45, 2.75) is 19.1 Å². The van der Waals surface area contributed by atoms with Crippen LogP contribution in [-0.2, 0) is 6.61 Å². The van der Waals surface area contributed by atoms with Gasteiger partial charge in [-0.15, -0.1) is 0 Å². The molecule has 3 rings (SSSR count). The lowest BCUT2D eigenvalue weighted by Gasteiger charge is -2.14. The average molecular weight is 311 g/mol. The largest absolute Gasteiger partial charge is 0.489 e.